The van der Waals surface area contributed by atoms with Crippen molar-refractivity contribution >= 4 is 11.4 Å². The van der Waals surface area contributed by atoms with Crippen LogP contribution in [0.15, 0.2) is 18.2 Å². The van der Waals surface area contributed by atoms with Crippen molar-refractivity contribution in [2.45, 2.75) is 19.1 Å². The van der Waals surface area contributed by atoms with Gasteiger partial charge < -0.3 is 10.4 Å². The monoisotopic (exact) mass is 194 g/mol. The lowest BCUT2D eigenvalue weighted by Crippen LogP contribution is -2.24. The van der Waals surface area contributed by atoms with Gasteiger partial charge in [-0.1, -0.05) is 0 Å². The maximum atomic E-state index is 10.5. The van der Waals surface area contributed by atoms with Crippen molar-refractivity contribution in [3.63, 3.8) is 0 Å². The Labute approximate surface area is 80.5 Å². The molecule has 1 heterocycles. The van der Waals surface area contributed by atoms with Gasteiger partial charge in [0.2, 0.25) is 0 Å². The van der Waals surface area contributed by atoms with E-state index in [1.54, 1.807) is 12.1 Å². The number of hydrogen-bond acceptors (Lipinski definition) is 4. The number of nitrogens with zero attached hydrogens (tertiary/aromatic N) is 1. The maximum Gasteiger partial charge on any atom is 0.269 e. The Kier molecular flexibility index (Phi) is 2.09. The average Bonchev–Trinajstić information content (AvgIpc) is 2.16. The number of aliphatic hydroxyl groups is 1. The minimum Gasteiger partial charge on any atom is -0.374 e. The zero-order valence-electron chi connectivity index (χ0n) is 7.43. The average molecular weight is 194 g/mol. The molecule has 1 aliphatic heterocycles. The molecule has 0 aromatic heterocycles. The summed E-state index contributed by atoms with van der Waals surface area (Å²) in [5.41, 5.74) is 1.78. The standard InChI is InChI=1S/C9H10N2O3/c12-9-4-1-6-5-7(11(13)14)2-3-8(6)10-9/h2-3,5,9-10,12H,1,4H2. The number of nitrogens with one attached hydrogen (secondary N) is 1. The van der Waals surface area contributed by atoms with E-state index >= 15 is 0 Å². The zero-order valence-corrected chi connectivity index (χ0v) is 7.43. The van der Waals surface area contributed by atoms with Crippen LogP contribution in [0.4, 0.5) is 11.4 Å². The van der Waals surface area contributed by atoms with E-state index in [-0.39, 0.29) is 5.69 Å². The fraction of sp³-hybridized carbons (Fsp3) is 0.333. The van der Waals surface area contributed by atoms with E-state index in [9.17, 15) is 15.2 Å². The van der Waals surface area contributed by atoms with Gasteiger partial charge in [0.1, 0.15) is 6.23 Å². The van der Waals surface area contributed by atoms with Gasteiger partial charge in [0.25, 0.3) is 5.69 Å². The molecule has 5 heteroatoms. The Morgan fingerprint density at radius 2 is 2.36 bits per heavy atom. The first kappa shape index (κ1) is 8.96. The van der Waals surface area contributed by atoms with Gasteiger partial charge in [-0.25, -0.2) is 0 Å². The fourth-order valence-electron chi connectivity index (χ4n) is 1.59. The predicted molar refractivity (Wildman–Crippen MR) is 51.0 cm³/mol. The van der Waals surface area contributed by atoms with Crippen LogP contribution in [0.5, 0.6) is 0 Å². The van der Waals surface area contributed by atoms with Gasteiger partial charge in [0.15, 0.2) is 0 Å². The molecule has 0 bridgehead atoms. The van der Waals surface area contributed by atoms with Crippen molar-refractivity contribution in [3.8, 4) is 0 Å². The van der Waals surface area contributed by atoms with E-state index in [0.717, 1.165) is 11.3 Å². The smallest absolute Gasteiger partial charge is 0.269 e. The summed E-state index contributed by atoms with van der Waals surface area (Å²) in [6, 6.07) is 4.62. The molecule has 0 saturated heterocycles. The molecule has 2 N–H and O–H groups in total. The van der Waals surface area contributed by atoms with Crippen molar-refractivity contribution in [2.24, 2.45) is 0 Å². The van der Waals surface area contributed by atoms with E-state index in [1.165, 1.54) is 6.07 Å². The summed E-state index contributed by atoms with van der Waals surface area (Å²) in [7, 11) is 0. The number of hydrogen-bond donors (Lipinski definition) is 2. The molecule has 0 amide bonds. The van der Waals surface area contributed by atoms with Gasteiger partial charge >= 0.3 is 0 Å². The first-order chi connectivity index (χ1) is 6.66. The molecule has 14 heavy (non-hydrogen) atoms. The predicted octanol–water partition coefficient (Wildman–Crippen LogP) is 1.27. The van der Waals surface area contributed by atoms with E-state index in [2.05, 4.69) is 5.32 Å². The van der Waals surface area contributed by atoms with Crippen LogP contribution in [0.1, 0.15) is 12.0 Å². The van der Waals surface area contributed by atoms with Crippen LogP contribution in [0, 0.1) is 10.1 Å². The van der Waals surface area contributed by atoms with Crippen molar-refractivity contribution < 1.29 is 10.0 Å². The summed E-state index contributed by atoms with van der Waals surface area (Å²) >= 11 is 0. The highest BCUT2D eigenvalue weighted by Crippen LogP contribution is 2.27. The quantitative estimate of drug-likeness (QED) is 0.521. The molecule has 0 radical (unpaired) electrons. The Balaban J connectivity index is 2.36. The van der Waals surface area contributed by atoms with Crippen molar-refractivity contribution in [1.82, 2.24) is 0 Å². The number of nitro groups is 1. The molecule has 0 aliphatic carbocycles. The molecule has 1 aromatic carbocycles. The first-order valence-corrected chi connectivity index (χ1v) is 4.39. The molecule has 1 aromatic rings. The molecule has 1 unspecified atom stereocenters. The molecule has 0 fully saturated rings. The summed E-state index contributed by atoms with van der Waals surface area (Å²) in [6.07, 6.45) is 0.725. The molecular weight excluding hydrogens is 184 g/mol. The van der Waals surface area contributed by atoms with Gasteiger partial charge in [0, 0.05) is 17.8 Å². The largest absolute Gasteiger partial charge is 0.374 e. The lowest BCUT2D eigenvalue weighted by Gasteiger charge is -2.22. The van der Waals surface area contributed by atoms with E-state index in [1.807, 2.05) is 0 Å². The number of anilines is 1. The summed E-state index contributed by atoms with van der Waals surface area (Å²) in [5, 5.41) is 22.6. The maximum absolute atomic E-state index is 10.5. The minimum absolute atomic E-state index is 0.0990. The second-order valence-corrected chi connectivity index (χ2v) is 3.30. The van der Waals surface area contributed by atoms with Crippen LogP contribution in [-0.2, 0) is 6.42 Å². The number of benzene rings is 1. The summed E-state index contributed by atoms with van der Waals surface area (Å²) < 4.78 is 0. The van der Waals surface area contributed by atoms with E-state index < -0.39 is 11.2 Å². The molecule has 74 valence electrons. The first-order valence-electron chi connectivity index (χ1n) is 4.39. The van der Waals surface area contributed by atoms with Gasteiger partial charge in [-0.3, -0.25) is 10.1 Å². The minimum atomic E-state index is -0.538. The highest BCUT2D eigenvalue weighted by molar-refractivity contribution is 5.57. The van der Waals surface area contributed by atoms with Gasteiger partial charge in [-0.15, -0.1) is 0 Å². The Morgan fingerprint density at radius 3 is 3.07 bits per heavy atom. The normalized spacial score (nSPS) is 19.6. The van der Waals surface area contributed by atoms with Crippen LogP contribution >= 0.6 is 0 Å². The van der Waals surface area contributed by atoms with Crippen LogP contribution in [0.3, 0.4) is 0 Å². The van der Waals surface area contributed by atoms with E-state index in [4.69, 9.17) is 0 Å². The second kappa shape index (κ2) is 3.26. The Hall–Kier alpha value is -1.62. The van der Waals surface area contributed by atoms with Crippen LogP contribution in [0.25, 0.3) is 0 Å². The van der Waals surface area contributed by atoms with Crippen molar-refractivity contribution in [2.75, 3.05) is 5.32 Å². The van der Waals surface area contributed by atoms with Crippen LogP contribution in [0.2, 0.25) is 0 Å². The third kappa shape index (κ3) is 1.54. The molecule has 5 nitrogen and oxygen atoms in total. The summed E-state index contributed by atoms with van der Waals surface area (Å²) in [6.45, 7) is 0. The van der Waals surface area contributed by atoms with Gasteiger partial charge in [0.05, 0.1) is 4.92 Å². The van der Waals surface area contributed by atoms with Gasteiger partial charge in [-0.05, 0) is 24.5 Å². The SMILES string of the molecule is O=[N+]([O-])c1ccc2c(c1)CCC(O)N2. The van der Waals surface area contributed by atoms with Crippen molar-refractivity contribution in [3.05, 3.63) is 33.9 Å². The van der Waals surface area contributed by atoms with E-state index in [0.29, 0.717) is 12.8 Å². The molecule has 2 rings (SSSR count). The second-order valence-electron chi connectivity index (χ2n) is 3.30. The zero-order chi connectivity index (χ0) is 10.1. The summed E-state index contributed by atoms with van der Waals surface area (Å²) in [5.74, 6) is 0. The third-order valence-corrected chi connectivity index (χ3v) is 2.31. The highest BCUT2D eigenvalue weighted by Gasteiger charge is 2.17. The Morgan fingerprint density at radius 1 is 1.57 bits per heavy atom. The summed E-state index contributed by atoms with van der Waals surface area (Å²) in [4.78, 5) is 10.1. The number of aliphatic hydroxyl groups excluding tert-OH is 1. The third-order valence-electron chi connectivity index (χ3n) is 2.31. The topological polar surface area (TPSA) is 75.4 Å². The number of non-ortho nitro benzene ring substituents is 1. The Bertz CT molecular complexity index is 378. The highest BCUT2D eigenvalue weighted by atomic mass is 16.6. The number of fused-ring (bicyclic) bond motifs is 1. The lowest BCUT2D eigenvalue weighted by molar-refractivity contribution is -0.384. The number of rotatable bonds is 1. The molecule has 0 spiro atoms. The molecule has 0 saturated carbocycles. The molecule has 1 atom stereocenters. The fourth-order valence-corrected chi connectivity index (χ4v) is 1.59. The van der Waals surface area contributed by atoms with Crippen LogP contribution < -0.4 is 5.32 Å². The van der Waals surface area contributed by atoms with Crippen molar-refractivity contribution in [1.29, 1.82) is 0 Å². The molecular formula is C9H10N2O3. The molecule has 1 aliphatic rings. The number of aryl methyl sites for hydroxylation is 1. The van der Waals surface area contributed by atoms with Gasteiger partial charge in [-0.2, -0.15) is 0 Å². The van der Waals surface area contributed by atoms with Crippen LogP contribution in [-0.4, -0.2) is 16.3 Å². The lowest BCUT2D eigenvalue weighted by atomic mass is 10.0. The number of nitro benzene ring substituents is 1.